The minimum atomic E-state index is 0.0445. The summed E-state index contributed by atoms with van der Waals surface area (Å²) in [6, 6.07) is 6.59. The molecule has 106 valence electrons. The van der Waals surface area contributed by atoms with Gasteiger partial charge in [-0.2, -0.15) is 0 Å². The molecule has 20 heavy (non-hydrogen) atoms. The van der Waals surface area contributed by atoms with E-state index in [1.165, 1.54) is 16.7 Å². The highest BCUT2D eigenvalue weighted by atomic mass is 15.3. The summed E-state index contributed by atoms with van der Waals surface area (Å²) in [5, 5.41) is 8.10. The van der Waals surface area contributed by atoms with E-state index in [0.717, 1.165) is 32.0 Å². The number of aromatic nitrogens is 3. The predicted octanol–water partition coefficient (Wildman–Crippen LogP) is 1.41. The summed E-state index contributed by atoms with van der Waals surface area (Å²) in [6.07, 6.45) is 1.80. The molecule has 0 saturated heterocycles. The van der Waals surface area contributed by atoms with Crippen molar-refractivity contribution in [2.45, 2.75) is 33.0 Å². The second-order valence-corrected chi connectivity index (χ2v) is 5.70. The Hall–Kier alpha value is -1.72. The van der Waals surface area contributed by atoms with Gasteiger partial charge in [-0.1, -0.05) is 29.3 Å². The van der Waals surface area contributed by atoms with Crippen molar-refractivity contribution in [3.8, 4) is 0 Å². The Labute approximate surface area is 119 Å². The molecule has 1 aromatic carbocycles. The van der Waals surface area contributed by atoms with E-state index in [-0.39, 0.29) is 6.04 Å². The molecule has 0 amide bonds. The topological polar surface area (TPSA) is 60.0 Å². The van der Waals surface area contributed by atoms with Gasteiger partial charge >= 0.3 is 0 Å². The molecule has 2 heterocycles. The maximum atomic E-state index is 6.37. The predicted molar refractivity (Wildman–Crippen MR) is 78.1 cm³/mol. The zero-order chi connectivity index (χ0) is 14.1. The molecule has 0 radical (unpaired) electrons. The zero-order valence-corrected chi connectivity index (χ0v) is 12.1. The van der Waals surface area contributed by atoms with Crippen LogP contribution < -0.4 is 5.73 Å². The van der Waals surface area contributed by atoms with Crippen LogP contribution in [0.25, 0.3) is 0 Å². The number of nitrogens with zero attached hydrogens (tertiary/aromatic N) is 4. The monoisotopic (exact) mass is 271 g/mol. The van der Waals surface area contributed by atoms with Crippen LogP contribution in [0.15, 0.2) is 24.5 Å². The molecule has 0 bridgehead atoms. The van der Waals surface area contributed by atoms with Crippen LogP contribution in [0.3, 0.4) is 0 Å². The van der Waals surface area contributed by atoms with E-state index in [1.807, 2.05) is 0 Å². The molecule has 5 nitrogen and oxygen atoms in total. The smallest absolute Gasteiger partial charge is 0.147 e. The van der Waals surface area contributed by atoms with Crippen LogP contribution in [0.1, 0.15) is 28.6 Å². The lowest BCUT2D eigenvalue weighted by atomic mass is 10.0. The van der Waals surface area contributed by atoms with E-state index in [1.54, 1.807) is 6.33 Å². The summed E-state index contributed by atoms with van der Waals surface area (Å²) < 4.78 is 2.11. The number of fused-ring (bicyclic) bond motifs is 1. The van der Waals surface area contributed by atoms with Crippen molar-refractivity contribution in [2.75, 3.05) is 13.1 Å². The Bertz CT molecular complexity index is 584. The molecule has 1 aliphatic rings. The molecule has 2 aromatic rings. The summed E-state index contributed by atoms with van der Waals surface area (Å²) in [5.74, 6) is 1.03. The molecule has 1 atom stereocenters. The van der Waals surface area contributed by atoms with Crippen molar-refractivity contribution < 1.29 is 0 Å². The molecule has 0 spiro atoms. The number of hydrogen-bond acceptors (Lipinski definition) is 4. The maximum Gasteiger partial charge on any atom is 0.147 e. The lowest BCUT2D eigenvalue weighted by molar-refractivity contribution is 0.205. The number of benzene rings is 1. The average Bonchev–Trinajstić information content (AvgIpc) is 2.85. The molecule has 1 aliphatic heterocycles. The van der Waals surface area contributed by atoms with Gasteiger partial charge < -0.3 is 10.3 Å². The van der Waals surface area contributed by atoms with E-state index in [0.29, 0.717) is 0 Å². The minimum absolute atomic E-state index is 0.0445. The molecule has 0 saturated carbocycles. The Morgan fingerprint density at radius 2 is 1.95 bits per heavy atom. The number of hydrogen-bond donors (Lipinski definition) is 1. The first-order valence-corrected chi connectivity index (χ1v) is 7.04. The van der Waals surface area contributed by atoms with Crippen molar-refractivity contribution in [2.24, 2.45) is 5.73 Å². The van der Waals surface area contributed by atoms with Crippen LogP contribution in [0.5, 0.6) is 0 Å². The normalized spacial score (nSPS) is 16.9. The van der Waals surface area contributed by atoms with Gasteiger partial charge in [0, 0.05) is 25.7 Å². The van der Waals surface area contributed by atoms with Gasteiger partial charge in [-0.15, -0.1) is 10.2 Å². The van der Waals surface area contributed by atoms with E-state index < -0.39 is 0 Å². The highest BCUT2D eigenvalue weighted by Gasteiger charge is 2.20. The van der Waals surface area contributed by atoms with Gasteiger partial charge in [0.25, 0.3) is 0 Å². The Kier molecular flexibility index (Phi) is 3.54. The minimum Gasteiger partial charge on any atom is -0.323 e. The fourth-order valence-corrected chi connectivity index (χ4v) is 2.88. The van der Waals surface area contributed by atoms with Gasteiger partial charge in [0.15, 0.2) is 0 Å². The van der Waals surface area contributed by atoms with Crippen LogP contribution in [0.2, 0.25) is 0 Å². The first kappa shape index (κ1) is 13.3. The third-order valence-corrected chi connectivity index (χ3v) is 3.84. The standard InChI is InChI=1S/C15H21N5/c1-11-5-12(2)7-13(6-11)14(16)8-19-3-4-20-10-17-18-15(20)9-19/h5-7,10,14H,3-4,8-9,16H2,1-2H3. The molecule has 5 heteroatoms. The Balaban J connectivity index is 1.69. The van der Waals surface area contributed by atoms with Crippen molar-refractivity contribution >= 4 is 0 Å². The van der Waals surface area contributed by atoms with Gasteiger partial charge in [0.1, 0.15) is 12.2 Å². The lowest BCUT2D eigenvalue weighted by Gasteiger charge is -2.29. The molecular weight excluding hydrogens is 250 g/mol. The second kappa shape index (κ2) is 5.34. The number of aryl methyl sites for hydroxylation is 2. The van der Waals surface area contributed by atoms with Crippen molar-refractivity contribution in [1.29, 1.82) is 0 Å². The van der Waals surface area contributed by atoms with Crippen molar-refractivity contribution in [1.82, 2.24) is 19.7 Å². The molecule has 0 fully saturated rings. The summed E-state index contributed by atoms with van der Waals surface area (Å²) >= 11 is 0. The summed E-state index contributed by atoms with van der Waals surface area (Å²) in [6.45, 7) is 7.87. The fourth-order valence-electron chi connectivity index (χ4n) is 2.88. The number of nitrogens with two attached hydrogens (primary N) is 1. The van der Waals surface area contributed by atoms with Gasteiger partial charge in [-0.05, 0) is 19.4 Å². The van der Waals surface area contributed by atoms with Crippen LogP contribution in [-0.2, 0) is 13.1 Å². The van der Waals surface area contributed by atoms with E-state index in [4.69, 9.17) is 5.73 Å². The average molecular weight is 271 g/mol. The zero-order valence-electron chi connectivity index (χ0n) is 12.1. The maximum absolute atomic E-state index is 6.37. The van der Waals surface area contributed by atoms with Crippen LogP contribution in [0, 0.1) is 13.8 Å². The quantitative estimate of drug-likeness (QED) is 0.917. The lowest BCUT2D eigenvalue weighted by Crippen LogP contribution is -2.38. The molecule has 1 unspecified atom stereocenters. The Morgan fingerprint density at radius 3 is 2.70 bits per heavy atom. The molecule has 3 rings (SSSR count). The van der Waals surface area contributed by atoms with Gasteiger partial charge in [0.2, 0.25) is 0 Å². The third-order valence-electron chi connectivity index (χ3n) is 3.84. The van der Waals surface area contributed by atoms with E-state index in [9.17, 15) is 0 Å². The molecular formula is C15H21N5. The van der Waals surface area contributed by atoms with E-state index >= 15 is 0 Å². The Morgan fingerprint density at radius 1 is 1.20 bits per heavy atom. The molecule has 1 aromatic heterocycles. The van der Waals surface area contributed by atoms with Crippen molar-refractivity contribution in [3.63, 3.8) is 0 Å². The second-order valence-electron chi connectivity index (χ2n) is 5.70. The van der Waals surface area contributed by atoms with E-state index in [2.05, 4.69) is 51.7 Å². The van der Waals surface area contributed by atoms with Crippen molar-refractivity contribution in [3.05, 3.63) is 47.0 Å². The van der Waals surface area contributed by atoms with Crippen LogP contribution >= 0.6 is 0 Å². The van der Waals surface area contributed by atoms with Crippen LogP contribution in [-0.4, -0.2) is 32.8 Å². The van der Waals surface area contributed by atoms with Gasteiger partial charge in [-0.25, -0.2) is 0 Å². The molecule has 2 N–H and O–H groups in total. The highest BCUT2D eigenvalue weighted by Crippen LogP contribution is 2.18. The first-order chi connectivity index (χ1) is 9.61. The van der Waals surface area contributed by atoms with Gasteiger partial charge in [0.05, 0.1) is 6.54 Å². The fraction of sp³-hybridized carbons (Fsp3) is 0.467. The first-order valence-electron chi connectivity index (χ1n) is 7.04. The third kappa shape index (κ3) is 2.73. The number of rotatable bonds is 3. The largest absolute Gasteiger partial charge is 0.323 e. The summed E-state index contributed by atoms with van der Waals surface area (Å²) in [4.78, 5) is 2.35. The summed E-state index contributed by atoms with van der Waals surface area (Å²) in [7, 11) is 0. The SMILES string of the molecule is Cc1cc(C)cc(C(N)CN2CCn3cnnc3C2)c1. The molecule has 0 aliphatic carbocycles. The summed E-state index contributed by atoms with van der Waals surface area (Å²) in [5.41, 5.74) is 10.1. The van der Waals surface area contributed by atoms with Crippen LogP contribution in [0.4, 0.5) is 0 Å². The highest BCUT2D eigenvalue weighted by molar-refractivity contribution is 5.30. The van der Waals surface area contributed by atoms with Gasteiger partial charge in [-0.3, -0.25) is 4.90 Å².